The minimum Gasteiger partial charge on any atom is -0.406 e. The molecule has 0 bridgehead atoms. The first kappa shape index (κ1) is 21.4. The summed E-state index contributed by atoms with van der Waals surface area (Å²) in [4.78, 5) is 14.4. The van der Waals surface area contributed by atoms with E-state index >= 15 is 0 Å². The van der Waals surface area contributed by atoms with Crippen molar-refractivity contribution in [3.05, 3.63) is 24.3 Å². The number of tetrazole rings is 1. The van der Waals surface area contributed by atoms with Crippen molar-refractivity contribution in [2.45, 2.75) is 50.2 Å². The largest absolute Gasteiger partial charge is 0.573 e. The number of amides is 1. The first-order valence-electron chi connectivity index (χ1n) is 9.26. The molecule has 0 unspecified atom stereocenters. The number of ether oxygens (including phenoxy) is 1. The van der Waals surface area contributed by atoms with Crippen molar-refractivity contribution in [2.75, 3.05) is 12.8 Å². The summed E-state index contributed by atoms with van der Waals surface area (Å²) in [5, 5.41) is 11.8. The highest BCUT2D eigenvalue weighted by Gasteiger charge is 2.31. The normalized spacial score (nSPS) is 19.8. The fourth-order valence-corrected chi connectivity index (χ4v) is 4.10. The van der Waals surface area contributed by atoms with Crippen molar-refractivity contribution in [2.24, 2.45) is 5.92 Å². The molecule has 1 aromatic carbocycles. The molecule has 3 rings (SSSR count). The Labute approximate surface area is 170 Å². The lowest BCUT2D eigenvalue weighted by Gasteiger charge is -2.33. The Kier molecular flexibility index (Phi) is 6.66. The summed E-state index contributed by atoms with van der Waals surface area (Å²) >= 11 is 1.19. The molecular weight excluding hydrogens is 407 g/mol. The Bertz CT molecular complexity index is 820. The lowest BCUT2D eigenvalue weighted by Crippen LogP contribution is -2.40. The molecule has 1 fully saturated rings. The van der Waals surface area contributed by atoms with Gasteiger partial charge in [0.15, 0.2) is 0 Å². The Morgan fingerprint density at radius 1 is 1.24 bits per heavy atom. The fraction of sp³-hybridized carbons (Fsp3) is 0.556. The number of hydrogen-bond acceptors (Lipinski definition) is 6. The van der Waals surface area contributed by atoms with E-state index in [4.69, 9.17) is 0 Å². The molecule has 1 heterocycles. The number of aromatic nitrogens is 4. The van der Waals surface area contributed by atoms with Crippen LogP contribution >= 0.6 is 11.8 Å². The van der Waals surface area contributed by atoms with E-state index in [2.05, 4.69) is 27.2 Å². The van der Waals surface area contributed by atoms with Crippen LogP contribution in [0.25, 0.3) is 5.69 Å². The standard InChI is InChI=1S/C18H22F3N5O2S/c1-12-3-5-13(6-4-12)25(2)16(27)11-29-17-22-23-24-26(17)14-7-9-15(10-8-14)28-18(19,20)21/h7-10,12-13H,3-6,11H2,1-2H3. The summed E-state index contributed by atoms with van der Waals surface area (Å²) in [6.45, 7) is 2.23. The van der Waals surface area contributed by atoms with Gasteiger partial charge in [-0.2, -0.15) is 4.68 Å². The van der Waals surface area contributed by atoms with Gasteiger partial charge in [-0.3, -0.25) is 4.79 Å². The number of carbonyl (C=O) groups is 1. The predicted molar refractivity (Wildman–Crippen MR) is 101 cm³/mol. The molecule has 0 radical (unpaired) electrons. The molecule has 158 valence electrons. The van der Waals surface area contributed by atoms with E-state index in [0.717, 1.165) is 25.7 Å². The Balaban J connectivity index is 1.59. The molecule has 2 aromatic rings. The minimum atomic E-state index is -4.75. The third kappa shape index (κ3) is 5.84. The van der Waals surface area contributed by atoms with Crippen LogP contribution in [0.1, 0.15) is 32.6 Å². The van der Waals surface area contributed by atoms with Gasteiger partial charge in [0.2, 0.25) is 11.1 Å². The van der Waals surface area contributed by atoms with Crippen molar-refractivity contribution in [1.29, 1.82) is 0 Å². The molecule has 0 saturated heterocycles. The van der Waals surface area contributed by atoms with E-state index in [-0.39, 0.29) is 23.5 Å². The van der Waals surface area contributed by atoms with E-state index in [1.54, 1.807) is 4.90 Å². The van der Waals surface area contributed by atoms with Crippen LogP contribution in [0.2, 0.25) is 0 Å². The number of nitrogens with zero attached hydrogens (tertiary/aromatic N) is 5. The highest BCUT2D eigenvalue weighted by molar-refractivity contribution is 7.99. The lowest BCUT2D eigenvalue weighted by atomic mass is 9.87. The van der Waals surface area contributed by atoms with Gasteiger partial charge in [-0.1, -0.05) is 18.7 Å². The zero-order chi connectivity index (χ0) is 21.0. The summed E-state index contributed by atoms with van der Waals surface area (Å²) in [6.07, 6.45) is -0.472. The summed E-state index contributed by atoms with van der Waals surface area (Å²) < 4.78 is 42.1. The Morgan fingerprint density at radius 2 is 1.90 bits per heavy atom. The number of alkyl halides is 3. The van der Waals surface area contributed by atoms with Crippen LogP contribution in [0.15, 0.2) is 29.4 Å². The average molecular weight is 429 g/mol. The lowest BCUT2D eigenvalue weighted by molar-refractivity contribution is -0.274. The second-order valence-electron chi connectivity index (χ2n) is 7.12. The van der Waals surface area contributed by atoms with E-state index in [1.165, 1.54) is 40.7 Å². The van der Waals surface area contributed by atoms with Crippen molar-refractivity contribution >= 4 is 17.7 Å². The molecule has 1 amide bonds. The third-order valence-corrected chi connectivity index (χ3v) is 5.91. The molecule has 0 spiro atoms. The highest BCUT2D eigenvalue weighted by Crippen LogP contribution is 2.28. The maximum atomic E-state index is 12.5. The quantitative estimate of drug-likeness (QED) is 0.652. The monoisotopic (exact) mass is 429 g/mol. The van der Waals surface area contributed by atoms with Crippen LogP contribution in [-0.2, 0) is 4.79 Å². The van der Waals surface area contributed by atoms with Gasteiger partial charge in [0.1, 0.15) is 5.75 Å². The van der Waals surface area contributed by atoms with Crippen LogP contribution in [-0.4, -0.2) is 56.2 Å². The first-order valence-corrected chi connectivity index (χ1v) is 10.2. The number of carbonyl (C=O) groups excluding carboxylic acids is 1. The molecule has 1 saturated carbocycles. The summed E-state index contributed by atoms with van der Waals surface area (Å²) in [5.74, 6) is 0.555. The summed E-state index contributed by atoms with van der Waals surface area (Å²) in [7, 11) is 1.83. The number of hydrogen-bond donors (Lipinski definition) is 0. The molecule has 1 aromatic heterocycles. The molecule has 11 heteroatoms. The van der Waals surface area contributed by atoms with Crippen LogP contribution < -0.4 is 4.74 Å². The second kappa shape index (κ2) is 9.02. The van der Waals surface area contributed by atoms with Gasteiger partial charge in [0.25, 0.3) is 0 Å². The Morgan fingerprint density at radius 3 is 2.52 bits per heavy atom. The molecule has 29 heavy (non-hydrogen) atoms. The van der Waals surface area contributed by atoms with Crippen molar-refractivity contribution in [1.82, 2.24) is 25.1 Å². The highest BCUT2D eigenvalue weighted by atomic mass is 32.2. The number of thioether (sulfide) groups is 1. The number of benzene rings is 1. The topological polar surface area (TPSA) is 73.1 Å². The SMILES string of the molecule is CC1CCC(N(C)C(=O)CSc2nnnn2-c2ccc(OC(F)(F)F)cc2)CC1. The minimum absolute atomic E-state index is 0.00183. The van der Waals surface area contributed by atoms with Gasteiger partial charge in [0.05, 0.1) is 11.4 Å². The number of halogens is 3. The van der Waals surface area contributed by atoms with Gasteiger partial charge in [-0.25, -0.2) is 0 Å². The van der Waals surface area contributed by atoms with Crippen LogP contribution in [0.5, 0.6) is 5.75 Å². The molecule has 7 nitrogen and oxygen atoms in total. The van der Waals surface area contributed by atoms with Crippen LogP contribution in [0.4, 0.5) is 13.2 Å². The van der Waals surface area contributed by atoms with Crippen LogP contribution in [0.3, 0.4) is 0 Å². The van der Waals surface area contributed by atoms with Crippen molar-refractivity contribution in [3.63, 3.8) is 0 Å². The summed E-state index contributed by atoms with van der Waals surface area (Å²) in [6, 6.07) is 5.46. The van der Waals surface area contributed by atoms with Crippen molar-refractivity contribution < 1.29 is 22.7 Å². The van der Waals surface area contributed by atoms with E-state index in [0.29, 0.717) is 16.8 Å². The molecule has 0 aliphatic heterocycles. The van der Waals surface area contributed by atoms with Gasteiger partial charge in [-0.05, 0) is 66.3 Å². The molecule has 0 atom stereocenters. The maximum Gasteiger partial charge on any atom is 0.573 e. The van der Waals surface area contributed by atoms with Crippen molar-refractivity contribution in [3.8, 4) is 11.4 Å². The number of rotatable bonds is 6. The zero-order valence-corrected chi connectivity index (χ0v) is 16.9. The van der Waals surface area contributed by atoms with E-state index in [9.17, 15) is 18.0 Å². The van der Waals surface area contributed by atoms with Gasteiger partial charge >= 0.3 is 6.36 Å². The van der Waals surface area contributed by atoms with Gasteiger partial charge < -0.3 is 9.64 Å². The molecule has 0 N–H and O–H groups in total. The van der Waals surface area contributed by atoms with Crippen LogP contribution in [0, 0.1) is 5.92 Å². The maximum absolute atomic E-state index is 12.5. The molecular formula is C18H22F3N5O2S. The zero-order valence-electron chi connectivity index (χ0n) is 16.1. The average Bonchev–Trinajstić information content (AvgIpc) is 3.14. The first-order chi connectivity index (χ1) is 13.7. The molecule has 1 aliphatic rings. The third-order valence-electron chi connectivity index (χ3n) is 5.01. The Hall–Kier alpha value is -2.30. The van der Waals surface area contributed by atoms with E-state index in [1.807, 2.05) is 7.05 Å². The fourth-order valence-electron chi connectivity index (χ4n) is 3.28. The summed E-state index contributed by atoms with van der Waals surface area (Å²) in [5.41, 5.74) is 0.467. The van der Waals surface area contributed by atoms with Gasteiger partial charge in [0, 0.05) is 13.1 Å². The predicted octanol–water partition coefficient (Wildman–Crippen LogP) is 3.69. The second-order valence-corrected chi connectivity index (χ2v) is 8.06. The van der Waals surface area contributed by atoms with E-state index < -0.39 is 6.36 Å². The smallest absolute Gasteiger partial charge is 0.406 e. The molecule has 1 aliphatic carbocycles. The van der Waals surface area contributed by atoms with Gasteiger partial charge in [-0.15, -0.1) is 18.3 Å².